The Kier molecular flexibility index (Phi) is 6.06. The van der Waals surface area contributed by atoms with Gasteiger partial charge in [-0.1, -0.05) is 0 Å². The maximum absolute atomic E-state index is 12.7. The normalized spacial score (nSPS) is 15.0. The van der Waals surface area contributed by atoms with Gasteiger partial charge in [-0.05, 0) is 32.9 Å². The summed E-state index contributed by atoms with van der Waals surface area (Å²) in [6.07, 6.45) is 1.16. The summed E-state index contributed by atoms with van der Waals surface area (Å²) in [6.45, 7) is 7.07. The summed E-state index contributed by atoms with van der Waals surface area (Å²) in [5.41, 5.74) is -1.20. The van der Waals surface area contributed by atoms with E-state index in [0.29, 0.717) is 38.5 Å². The van der Waals surface area contributed by atoms with Gasteiger partial charge in [-0.3, -0.25) is 9.59 Å². The number of carbonyl (C=O) groups is 3. The van der Waals surface area contributed by atoms with Gasteiger partial charge in [0.05, 0.1) is 19.4 Å². The number of ether oxygens (including phenoxy) is 1. The summed E-state index contributed by atoms with van der Waals surface area (Å²) in [5, 5.41) is 2.72. The summed E-state index contributed by atoms with van der Waals surface area (Å²) in [6, 6.07) is 3.49. The largest absolute Gasteiger partial charge is 0.467 e. The summed E-state index contributed by atoms with van der Waals surface area (Å²) in [4.78, 5) is 40.0. The monoisotopic (exact) mass is 351 g/mol. The first-order valence-corrected chi connectivity index (χ1v) is 8.38. The Bertz CT molecular complexity index is 604. The molecule has 3 amide bonds. The number of carbonyl (C=O) groups excluding carboxylic acids is 3. The molecule has 2 heterocycles. The molecule has 1 aromatic heterocycles. The van der Waals surface area contributed by atoms with Crippen LogP contribution in [0.1, 0.15) is 26.5 Å². The number of nitrogens with one attached hydrogen (secondary N) is 1. The first-order chi connectivity index (χ1) is 11.9. The lowest BCUT2D eigenvalue weighted by Gasteiger charge is -2.37. The van der Waals surface area contributed by atoms with Gasteiger partial charge in [-0.2, -0.15) is 0 Å². The highest BCUT2D eigenvalue weighted by atomic mass is 16.6. The number of rotatable bonds is 5. The fraction of sp³-hybridized carbons (Fsp3) is 0.588. The molecule has 0 aliphatic carbocycles. The van der Waals surface area contributed by atoms with Gasteiger partial charge < -0.3 is 24.3 Å². The minimum absolute atomic E-state index is 0.235. The van der Waals surface area contributed by atoms with Crippen molar-refractivity contribution in [1.82, 2.24) is 15.1 Å². The van der Waals surface area contributed by atoms with E-state index in [0.717, 1.165) is 0 Å². The molecule has 1 saturated heterocycles. The molecule has 0 unspecified atom stereocenters. The maximum Gasteiger partial charge on any atom is 0.409 e. The van der Waals surface area contributed by atoms with Crippen LogP contribution in [-0.4, -0.2) is 60.5 Å². The second-order valence-corrected chi connectivity index (χ2v) is 6.37. The lowest BCUT2D eigenvalue weighted by molar-refractivity contribution is -0.149. The molecule has 1 aliphatic heterocycles. The molecule has 8 nitrogen and oxygen atoms in total. The Hall–Kier alpha value is -2.51. The smallest absolute Gasteiger partial charge is 0.409 e. The molecule has 0 atom stereocenters. The average molecular weight is 351 g/mol. The zero-order valence-electron chi connectivity index (χ0n) is 14.9. The molecule has 0 radical (unpaired) electrons. The topological polar surface area (TPSA) is 92.1 Å². The highest BCUT2D eigenvalue weighted by Crippen LogP contribution is 2.21. The summed E-state index contributed by atoms with van der Waals surface area (Å²) >= 11 is 0. The van der Waals surface area contributed by atoms with E-state index in [2.05, 4.69) is 5.32 Å². The molecule has 25 heavy (non-hydrogen) atoms. The molecule has 1 aromatic rings. The quantitative estimate of drug-likeness (QED) is 0.806. The zero-order valence-corrected chi connectivity index (χ0v) is 14.9. The number of nitrogens with zero attached hydrogens (tertiary/aromatic N) is 2. The van der Waals surface area contributed by atoms with Crippen LogP contribution in [0.4, 0.5) is 4.79 Å². The molecule has 1 aliphatic rings. The fourth-order valence-corrected chi connectivity index (χ4v) is 2.60. The van der Waals surface area contributed by atoms with Crippen LogP contribution < -0.4 is 5.32 Å². The molecule has 138 valence electrons. The summed E-state index contributed by atoms with van der Waals surface area (Å²) in [7, 11) is 0. The van der Waals surface area contributed by atoms with Crippen LogP contribution in [-0.2, 0) is 20.9 Å². The van der Waals surface area contributed by atoms with E-state index >= 15 is 0 Å². The predicted molar refractivity (Wildman–Crippen MR) is 89.5 cm³/mol. The van der Waals surface area contributed by atoms with Gasteiger partial charge in [0.2, 0.25) is 11.8 Å². The average Bonchev–Trinajstić information content (AvgIpc) is 3.12. The van der Waals surface area contributed by atoms with Crippen molar-refractivity contribution in [3.63, 3.8) is 0 Å². The maximum atomic E-state index is 12.7. The fourth-order valence-electron chi connectivity index (χ4n) is 2.60. The van der Waals surface area contributed by atoms with E-state index in [1.807, 2.05) is 0 Å². The van der Waals surface area contributed by atoms with Gasteiger partial charge in [-0.25, -0.2) is 4.79 Å². The van der Waals surface area contributed by atoms with E-state index in [1.54, 1.807) is 42.7 Å². The van der Waals surface area contributed by atoms with E-state index < -0.39 is 5.41 Å². The summed E-state index contributed by atoms with van der Waals surface area (Å²) < 4.78 is 10.1. The van der Waals surface area contributed by atoms with E-state index in [1.165, 1.54) is 6.26 Å². The van der Waals surface area contributed by atoms with Crippen molar-refractivity contribution < 1.29 is 23.5 Å². The molecule has 2 rings (SSSR count). The van der Waals surface area contributed by atoms with Crippen LogP contribution in [0.3, 0.4) is 0 Å². The lowest BCUT2D eigenvalue weighted by atomic mass is 9.90. The van der Waals surface area contributed by atoms with Crippen molar-refractivity contribution in [3.05, 3.63) is 24.2 Å². The SMILES string of the molecule is CCOC(=O)N1CCN(C(=O)C(C)(C)C(=O)NCc2ccco2)CC1. The molecular formula is C17H25N3O5. The Labute approximate surface area is 147 Å². The van der Waals surface area contributed by atoms with Crippen LogP contribution in [0.5, 0.6) is 0 Å². The molecule has 0 bridgehead atoms. The van der Waals surface area contributed by atoms with Crippen molar-refractivity contribution >= 4 is 17.9 Å². The van der Waals surface area contributed by atoms with Crippen LogP contribution in [0.15, 0.2) is 22.8 Å². The van der Waals surface area contributed by atoms with Gasteiger partial charge in [0.15, 0.2) is 0 Å². The molecule has 1 fully saturated rings. The Balaban J connectivity index is 1.88. The third kappa shape index (κ3) is 4.52. The van der Waals surface area contributed by atoms with Gasteiger partial charge in [0.1, 0.15) is 11.2 Å². The molecule has 0 spiro atoms. The molecule has 1 N–H and O–H groups in total. The third-order valence-electron chi connectivity index (χ3n) is 4.20. The molecule has 0 aromatic carbocycles. The first kappa shape index (κ1) is 18.8. The van der Waals surface area contributed by atoms with Gasteiger partial charge >= 0.3 is 6.09 Å². The minimum Gasteiger partial charge on any atom is -0.467 e. The molecule has 8 heteroatoms. The van der Waals surface area contributed by atoms with Gasteiger partial charge in [-0.15, -0.1) is 0 Å². The third-order valence-corrected chi connectivity index (χ3v) is 4.20. The highest BCUT2D eigenvalue weighted by molar-refractivity contribution is 6.04. The van der Waals surface area contributed by atoms with Crippen molar-refractivity contribution in [2.24, 2.45) is 5.41 Å². The number of furan rings is 1. The Morgan fingerprint density at radius 3 is 2.40 bits per heavy atom. The number of hydrogen-bond acceptors (Lipinski definition) is 5. The number of amides is 3. The highest BCUT2D eigenvalue weighted by Gasteiger charge is 2.40. The zero-order chi connectivity index (χ0) is 18.4. The van der Waals surface area contributed by atoms with Crippen LogP contribution in [0.2, 0.25) is 0 Å². The van der Waals surface area contributed by atoms with E-state index in [4.69, 9.17) is 9.15 Å². The predicted octanol–water partition coefficient (Wildman–Crippen LogP) is 1.22. The van der Waals surface area contributed by atoms with E-state index in [-0.39, 0.29) is 24.5 Å². The Morgan fingerprint density at radius 1 is 1.20 bits per heavy atom. The van der Waals surface area contributed by atoms with Crippen molar-refractivity contribution in [1.29, 1.82) is 0 Å². The van der Waals surface area contributed by atoms with Crippen LogP contribution in [0, 0.1) is 5.41 Å². The first-order valence-electron chi connectivity index (χ1n) is 8.38. The second kappa shape index (κ2) is 8.04. The van der Waals surface area contributed by atoms with Crippen molar-refractivity contribution in [3.8, 4) is 0 Å². The van der Waals surface area contributed by atoms with Crippen LogP contribution in [0.25, 0.3) is 0 Å². The number of hydrogen-bond donors (Lipinski definition) is 1. The van der Waals surface area contributed by atoms with Crippen molar-refractivity contribution in [2.45, 2.75) is 27.3 Å². The molecule has 0 saturated carbocycles. The summed E-state index contributed by atoms with van der Waals surface area (Å²) in [5.74, 6) is 0.00864. The van der Waals surface area contributed by atoms with Crippen molar-refractivity contribution in [2.75, 3.05) is 32.8 Å². The number of piperazine rings is 1. The van der Waals surface area contributed by atoms with E-state index in [9.17, 15) is 14.4 Å². The standard InChI is InChI=1S/C17H25N3O5/c1-4-24-16(23)20-9-7-19(8-10-20)15(22)17(2,3)14(21)18-12-13-6-5-11-25-13/h5-6,11H,4,7-10,12H2,1-3H3,(H,18,21). The Morgan fingerprint density at radius 2 is 1.84 bits per heavy atom. The van der Waals surface area contributed by atoms with Gasteiger partial charge in [0, 0.05) is 26.2 Å². The van der Waals surface area contributed by atoms with Crippen LogP contribution >= 0.6 is 0 Å². The molecular weight excluding hydrogens is 326 g/mol. The lowest BCUT2D eigenvalue weighted by Crippen LogP contribution is -2.56. The second-order valence-electron chi connectivity index (χ2n) is 6.37. The van der Waals surface area contributed by atoms with Gasteiger partial charge in [0.25, 0.3) is 0 Å². The minimum atomic E-state index is -1.20.